The zero-order valence-electron chi connectivity index (χ0n) is 27.0. The van der Waals surface area contributed by atoms with Crippen molar-refractivity contribution in [3.63, 3.8) is 0 Å². The average molecular weight is 629 g/mol. The van der Waals surface area contributed by atoms with E-state index in [4.69, 9.17) is 10.8 Å². The van der Waals surface area contributed by atoms with E-state index in [1.807, 2.05) is 93.2 Å². The lowest BCUT2D eigenvalue weighted by Crippen LogP contribution is -2.07. The van der Waals surface area contributed by atoms with Crippen LogP contribution in [0.15, 0.2) is 110 Å². The number of pyridine rings is 2. The molecule has 1 amide bonds. The second-order valence-electron chi connectivity index (χ2n) is 10.8. The van der Waals surface area contributed by atoms with E-state index in [0.29, 0.717) is 0 Å². The molecule has 0 aliphatic carbocycles. The number of aryl methyl sites for hydroxylation is 2. The van der Waals surface area contributed by atoms with Gasteiger partial charge in [-0.25, -0.2) is 14.8 Å². The summed E-state index contributed by atoms with van der Waals surface area (Å²) in [6.45, 7) is 8.01. The second-order valence-corrected chi connectivity index (χ2v) is 10.8. The van der Waals surface area contributed by atoms with Crippen molar-refractivity contribution < 1.29 is 14.7 Å². The quantitative estimate of drug-likeness (QED) is 0.0882. The maximum absolute atomic E-state index is 11.8. The third kappa shape index (κ3) is 9.51. The van der Waals surface area contributed by atoms with Crippen molar-refractivity contribution in [3.8, 4) is 22.3 Å². The van der Waals surface area contributed by atoms with Crippen LogP contribution in [0.3, 0.4) is 0 Å². The van der Waals surface area contributed by atoms with Crippen molar-refractivity contribution in [2.45, 2.75) is 40.5 Å². The van der Waals surface area contributed by atoms with Crippen LogP contribution in [0.25, 0.3) is 44.3 Å². The third-order valence-corrected chi connectivity index (χ3v) is 7.16. The molecule has 0 aliphatic rings. The summed E-state index contributed by atoms with van der Waals surface area (Å²) in [5.74, 6) is -0.985. The van der Waals surface area contributed by atoms with Gasteiger partial charge in [-0.05, 0) is 91.4 Å². The first-order chi connectivity index (χ1) is 22.7. The van der Waals surface area contributed by atoms with Gasteiger partial charge in [0.05, 0.1) is 0 Å². The Morgan fingerprint density at radius 3 is 1.81 bits per heavy atom. The van der Waals surface area contributed by atoms with Gasteiger partial charge < -0.3 is 26.1 Å². The summed E-state index contributed by atoms with van der Waals surface area (Å²) >= 11 is 0. The first-order valence-corrected chi connectivity index (χ1v) is 15.4. The van der Waals surface area contributed by atoms with E-state index in [2.05, 4.69) is 51.2 Å². The second kappa shape index (κ2) is 16.4. The number of nitrogens with one attached hydrogen (secondary N) is 3. The van der Waals surface area contributed by atoms with Gasteiger partial charge >= 0.3 is 5.97 Å². The Hall–Kier alpha value is -5.96. The topological polar surface area (TPSA) is 150 Å². The number of hydrogen-bond donors (Lipinski definition) is 5. The van der Waals surface area contributed by atoms with Gasteiger partial charge in [-0.15, -0.1) is 0 Å². The van der Waals surface area contributed by atoms with E-state index < -0.39 is 5.97 Å². The van der Waals surface area contributed by atoms with Gasteiger partial charge in [0.2, 0.25) is 5.91 Å². The first kappa shape index (κ1) is 33.9. The lowest BCUT2D eigenvalue weighted by atomic mass is 10.1. The van der Waals surface area contributed by atoms with Crippen LogP contribution in [0.4, 0.5) is 11.4 Å². The highest BCUT2D eigenvalue weighted by Crippen LogP contribution is 2.27. The highest BCUT2D eigenvalue weighted by Gasteiger charge is 2.07. The fourth-order valence-electron chi connectivity index (χ4n) is 4.71. The third-order valence-electron chi connectivity index (χ3n) is 7.16. The van der Waals surface area contributed by atoms with Crippen molar-refractivity contribution in [1.29, 1.82) is 0 Å². The van der Waals surface area contributed by atoms with Crippen LogP contribution in [-0.4, -0.2) is 36.9 Å². The number of amides is 1. The number of allylic oxidation sites excluding steroid dienone is 2. The molecule has 6 aromatic rings. The van der Waals surface area contributed by atoms with Crippen molar-refractivity contribution in [1.82, 2.24) is 19.9 Å². The molecule has 6 rings (SSSR count). The van der Waals surface area contributed by atoms with Crippen LogP contribution in [0.1, 0.15) is 37.8 Å². The van der Waals surface area contributed by atoms with Crippen LogP contribution in [0.5, 0.6) is 0 Å². The summed E-state index contributed by atoms with van der Waals surface area (Å²) in [6.07, 6.45) is 15.4. The number of carbonyl (C=O) groups is 2. The van der Waals surface area contributed by atoms with E-state index in [1.54, 1.807) is 12.2 Å². The molecule has 0 saturated heterocycles. The summed E-state index contributed by atoms with van der Waals surface area (Å²) in [6, 6.07) is 19.9. The summed E-state index contributed by atoms with van der Waals surface area (Å²) in [4.78, 5) is 36.6. The van der Waals surface area contributed by atoms with Crippen molar-refractivity contribution >= 4 is 45.3 Å². The van der Waals surface area contributed by atoms with Gasteiger partial charge in [-0.3, -0.25) is 4.79 Å². The molecular formula is C38H40N6O3. The maximum atomic E-state index is 11.8. The number of aromatic amines is 2. The minimum Gasteiger partial charge on any atom is -0.478 e. The van der Waals surface area contributed by atoms with Crippen LogP contribution >= 0.6 is 0 Å². The summed E-state index contributed by atoms with van der Waals surface area (Å²) in [5, 5.41) is 13.1. The van der Waals surface area contributed by atoms with Gasteiger partial charge in [-0.2, -0.15) is 0 Å². The number of nitrogens with zero attached hydrogens (tertiary/aromatic N) is 2. The minimum absolute atomic E-state index is 0.112. The molecule has 4 heterocycles. The number of hydrogen-bond acceptors (Lipinski definition) is 5. The molecule has 0 atom stereocenters. The summed E-state index contributed by atoms with van der Waals surface area (Å²) in [7, 11) is 0. The van der Waals surface area contributed by atoms with Crippen LogP contribution in [0, 0.1) is 13.8 Å². The zero-order chi connectivity index (χ0) is 33.8. The fourth-order valence-corrected chi connectivity index (χ4v) is 4.71. The molecular weight excluding hydrogens is 588 g/mol. The number of rotatable bonds is 7. The number of aliphatic carboxylic acids is 1. The number of nitrogens with two attached hydrogens (primary N) is 1. The molecule has 0 unspecified atom stereocenters. The minimum atomic E-state index is -0.873. The molecule has 9 nitrogen and oxygen atoms in total. The van der Waals surface area contributed by atoms with Crippen LogP contribution in [0.2, 0.25) is 0 Å². The van der Waals surface area contributed by atoms with E-state index in [0.717, 1.165) is 74.6 Å². The number of carbonyl (C=O) groups excluding carboxylic acids is 1. The molecule has 240 valence electrons. The van der Waals surface area contributed by atoms with Crippen LogP contribution < -0.4 is 11.1 Å². The number of fused-ring (bicyclic) bond motifs is 2. The number of H-pyrrole nitrogens is 2. The molecule has 9 heteroatoms. The molecule has 6 N–H and O–H groups in total. The van der Waals surface area contributed by atoms with E-state index in [9.17, 15) is 9.59 Å². The number of anilines is 2. The Balaban J connectivity index is 0.000000182. The first-order valence-electron chi connectivity index (χ1n) is 15.4. The van der Waals surface area contributed by atoms with Crippen molar-refractivity contribution in [2.24, 2.45) is 0 Å². The standard InChI is InChI=1S/C19H19N3O.C14H13N3.C5H8O2/c1-3-4-8-18(23)22-16-7-5-6-14(9-16)15-10-17-13(2)11-20-19(17)21-12-15;1-9-7-16-14-13(9)6-11(8-17-14)10-3-2-4-12(15)5-10;1-2-3-4-5(6)7/h4-12H,3H2,1-2H3,(H,20,21)(H,22,23);2-8H,15H2,1H3,(H,16,17);3-4H,2H2,1H3,(H,6,7)/b8-4+;;4-3+. The molecule has 47 heavy (non-hydrogen) atoms. The van der Waals surface area contributed by atoms with Gasteiger partial charge in [-0.1, -0.05) is 50.3 Å². The predicted octanol–water partition coefficient (Wildman–Crippen LogP) is 8.60. The normalized spacial score (nSPS) is 10.9. The Morgan fingerprint density at radius 2 is 1.30 bits per heavy atom. The largest absolute Gasteiger partial charge is 0.478 e. The smallest absolute Gasteiger partial charge is 0.327 e. The highest BCUT2D eigenvalue weighted by molar-refractivity contribution is 5.99. The Morgan fingerprint density at radius 1 is 0.766 bits per heavy atom. The average Bonchev–Trinajstić information content (AvgIpc) is 3.64. The number of benzene rings is 2. The highest BCUT2D eigenvalue weighted by atomic mass is 16.4. The van der Waals surface area contributed by atoms with Crippen molar-refractivity contribution in [3.05, 3.63) is 121 Å². The molecule has 4 aromatic heterocycles. The molecule has 0 aliphatic heterocycles. The molecule has 0 fully saturated rings. The lowest BCUT2D eigenvalue weighted by molar-refractivity contribution is -0.131. The number of carboxylic acids is 1. The predicted molar refractivity (Wildman–Crippen MR) is 192 cm³/mol. The van der Waals surface area contributed by atoms with Crippen LogP contribution in [-0.2, 0) is 9.59 Å². The number of nitrogen functional groups attached to an aromatic ring is 1. The zero-order valence-corrected chi connectivity index (χ0v) is 27.0. The maximum Gasteiger partial charge on any atom is 0.327 e. The van der Waals surface area contributed by atoms with Gasteiger partial charge in [0.25, 0.3) is 0 Å². The summed E-state index contributed by atoms with van der Waals surface area (Å²) in [5.41, 5.74) is 15.8. The Labute approximate surface area is 274 Å². The molecule has 0 spiro atoms. The molecule has 0 saturated carbocycles. The summed E-state index contributed by atoms with van der Waals surface area (Å²) < 4.78 is 0. The van der Waals surface area contributed by atoms with Gasteiger partial charge in [0, 0.05) is 64.1 Å². The lowest BCUT2D eigenvalue weighted by Gasteiger charge is -2.06. The van der Waals surface area contributed by atoms with E-state index in [-0.39, 0.29) is 5.91 Å². The van der Waals surface area contributed by atoms with E-state index in [1.165, 1.54) is 11.1 Å². The van der Waals surface area contributed by atoms with Crippen molar-refractivity contribution in [2.75, 3.05) is 11.1 Å². The molecule has 0 bridgehead atoms. The van der Waals surface area contributed by atoms with Gasteiger partial charge in [0.1, 0.15) is 11.3 Å². The molecule has 0 radical (unpaired) electrons. The van der Waals surface area contributed by atoms with Gasteiger partial charge in [0.15, 0.2) is 0 Å². The number of aromatic nitrogens is 4. The monoisotopic (exact) mass is 628 g/mol. The number of carboxylic acid groups (broad SMARTS) is 1. The van der Waals surface area contributed by atoms with E-state index >= 15 is 0 Å². The SMILES string of the molecule is CC/C=C/C(=O)Nc1cccc(-c2cnc3[nH]cc(C)c3c2)c1.CC/C=C/C(=O)O.Cc1c[nH]c2ncc(-c3cccc(N)c3)cc12. The Kier molecular flexibility index (Phi) is 11.8. The fraction of sp³-hybridized carbons (Fsp3) is 0.158. The Bertz CT molecular complexity index is 2040. The molecule has 2 aromatic carbocycles.